The van der Waals surface area contributed by atoms with Crippen LogP contribution in [0.3, 0.4) is 0 Å². The Morgan fingerprint density at radius 3 is 2.94 bits per heavy atom. The lowest BCUT2D eigenvalue weighted by Gasteiger charge is -2.10. The predicted molar refractivity (Wildman–Crippen MR) is 71.5 cm³/mol. The van der Waals surface area contributed by atoms with E-state index in [1.54, 1.807) is 6.20 Å². The second-order valence-electron chi connectivity index (χ2n) is 4.61. The van der Waals surface area contributed by atoms with Gasteiger partial charge in [-0.25, -0.2) is 0 Å². The van der Waals surface area contributed by atoms with Gasteiger partial charge in [-0.2, -0.15) is 10.2 Å². The molecule has 1 aliphatic carbocycles. The lowest BCUT2D eigenvalue weighted by molar-refractivity contribution is 0.525. The number of nitrogens with one attached hydrogen (secondary N) is 1. The van der Waals surface area contributed by atoms with Crippen LogP contribution >= 0.6 is 11.6 Å². The summed E-state index contributed by atoms with van der Waals surface area (Å²) < 4.78 is 0. The van der Waals surface area contributed by atoms with Gasteiger partial charge in [-0.1, -0.05) is 17.7 Å². The van der Waals surface area contributed by atoms with Crippen molar-refractivity contribution in [1.29, 1.82) is 0 Å². The van der Waals surface area contributed by atoms with Crippen LogP contribution in [0.4, 0.5) is 0 Å². The molecule has 0 saturated carbocycles. The number of rotatable bonds is 3. The van der Waals surface area contributed by atoms with Gasteiger partial charge in [-0.3, -0.25) is 0 Å². The fourth-order valence-corrected chi connectivity index (χ4v) is 2.60. The Kier molecular flexibility index (Phi) is 3.26. The number of aromatic nitrogens is 2. The average molecular weight is 260 g/mol. The number of hydrogen-bond acceptors (Lipinski definition) is 3. The molecule has 1 N–H and O–H groups in total. The maximum Gasteiger partial charge on any atom is 0.0769 e. The van der Waals surface area contributed by atoms with E-state index in [0.717, 1.165) is 30.1 Å². The number of nitrogens with zero attached hydrogens (tertiary/aromatic N) is 2. The molecule has 1 unspecified atom stereocenters. The van der Waals surface area contributed by atoms with Gasteiger partial charge in [0.15, 0.2) is 0 Å². The summed E-state index contributed by atoms with van der Waals surface area (Å²) in [5.74, 6) is 0. The van der Waals surface area contributed by atoms with E-state index in [9.17, 15) is 0 Å². The zero-order chi connectivity index (χ0) is 12.4. The molecule has 0 radical (unpaired) electrons. The van der Waals surface area contributed by atoms with Crippen LogP contribution < -0.4 is 5.32 Å². The zero-order valence-corrected chi connectivity index (χ0v) is 10.7. The Hall–Kier alpha value is -1.45. The average Bonchev–Trinajstić information content (AvgIpc) is 2.79. The van der Waals surface area contributed by atoms with Crippen LogP contribution in [-0.4, -0.2) is 16.2 Å². The van der Waals surface area contributed by atoms with Crippen LogP contribution in [0.1, 0.15) is 16.8 Å². The van der Waals surface area contributed by atoms with Gasteiger partial charge in [0.2, 0.25) is 0 Å². The lowest BCUT2D eigenvalue weighted by Crippen LogP contribution is -2.29. The third-order valence-electron chi connectivity index (χ3n) is 3.30. The van der Waals surface area contributed by atoms with Crippen molar-refractivity contribution in [3.8, 4) is 0 Å². The molecule has 0 aliphatic heterocycles. The third kappa shape index (κ3) is 2.52. The zero-order valence-electron chi connectivity index (χ0n) is 9.94. The van der Waals surface area contributed by atoms with E-state index >= 15 is 0 Å². The van der Waals surface area contributed by atoms with E-state index in [0.29, 0.717) is 6.04 Å². The molecule has 2 aromatic rings. The van der Waals surface area contributed by atoms with E-state index in [1.165, 1.54) is 11.1 Å². The van der Waals surface area contributed by atoms with Crippen LogP contribution in [-0.2, 0) is 19.4 Å². The highest BCUT2D eigenvalue weighted by Crippen LogP contribution is 2.25. The smallest absolute Gasteiger partial charge is 0.0769 e. The van der Waals surface area contributed by atoms with Crippen molar-refractivity contribution in [3.05, 3.63) is 58.4 Å². The SMILES string of the molecule is Clc1ccc2c(c1)CC(NCc1cccnn1)C2. The van der Waals surface area contributed by atoms with E-state index in [4.69, 9.17) is 11.6 Å². The van der Waals surface area contributed by atoms with Gasteiger partial charge in [0.1, 0.15) is 0 Å². The Balaban J connectivity index is 1.61. The largest absolute Gasteiger partial charge is 0.308 e. The second-order valence-corrected chi connectivity index (χ2v) is 5.05. The van der Waals surface area contributed by atoms with Crippen molar-refractivity contribution >= 4 is 11.6 Å². The summed E-state index contributed by atoms with van der Waals surface area (Å²) in [6, 6.07) is 10.5. The second kappa shape index (κ2) is 5.04. The van der Waals surface area contributed by atoms with Gasteiger partial charge in [0, 0.05) is 23.8 Å². The number of halogens is 1. The highest BCUT2D eigenvalue weighted by atomic mass is 35.5. The molecule has 1 aliphatic rings. The summed E-state index contributed by atoms with van der Waals surface area (Å²) in [6.07, 6.45) is 3.79. The van der Waals surface area contributed by atoms with Crippen LogP contribution in [0.5, 0.6) is 0 Å². The standard InChI is InChI=1S/C14H14ClN3/c15-12-4-3-10-7-14(8-11(10)6-12)16-9-13-2-1-5-17-18-13/h1-6,14,16H,7-9H2. The minimum atomic E-state index is 0.473. The minimum Gasteiger partial charge on any atom is -0.308 e. The molecule has 4 heteroatoms. The fraction of sp³-hybridized carbons (Fsp3) is 0.286. The number of benzene rings is 1. The first kappa shape index (κ1) is 11.6. The lowest BCUT2D eigenvalue weighted by atomic mass is 10.1. The van der Waals surface area contributed by atoms with Gasteiger partial charge in [0.25, 0.3) is 0 Å². The minimum absolute atomic E-state index is 0.473. The summed E-state index contributed by atoms with van der Waals surface area (Å²) in [5.41, 5.74) is 3.74. The van der Waals surface area contributed by atoms with Crippen LogP contribution in [0.25, 0.3) is 0 Å². The Bertz CT molecular complexity index is 542. The normalized spacial score (nSPS) is 17.7. The van der Waals surface area contributed by atoms with Gasteiger partial charge >= 0.3 is 0 Å². The summed E-state index contributed by atoms with van der Waals surface area (Å²) in [7, 11) is 0. The highest BCUT2D eigenvalue weighted by molar-refractivity contribution is 6.30. The Morgan fingerprint density at radius 2 is 2.11 bits per heavy atom. The molecule has 0 amide bonds. The Morgan fingerprint density at radius 1 is 1.22 bits per heavy atom. The van der Waals surface area contributed by atoms with Crippen LogP contribution in [0.2, 0.25) is 5.02 Å². The quantitative estimate of drug-likeness (QED) is 0.920. The molecule has 0 saturated heterocycles. The van der Waals surface area contributed by atoms with Crippen molar-refractivity contribution in [3.63, 3.8) is 0 Å². The van der Waals surface area contributed by atoms with Gasteiger partial charge in [-0.05, 0) is 48.2 Å². The number of hydrogen-bond donors (Lipinski definition) is 1. The van der Waals surface area contributed by atoms with Gasteiger partial charge < -0.3 is 5.32 Å². The van der Waals surface area contributed by atoms with Crippen molar-refractivity contribution < 1.29 is 0 Å². The van der Waals surface area contributed by atoms with E-state index in [-0.39, 0.29) is 0 Å². The highest BCUT2D eigenvalue weighted by Gasteiger charge is 2.20. The monoisotopic (exact) mass is 259 g/mol. The summed E-state index contributed by atoms with van der Waals surface area (Å²) in [4.78, 5) is 0. The fourth-order valence-electron chi connectivity index (χ4n) is 2.41. The topological polar surface area (TPSA) is 37.8 Å². The van der Waals surface area contributed by atoms with E-state index in [1.807, 2.05) is 18.2 Å². The molecule has 3 nitrogen and oxygen atoms in total. The first-order chi connectivity index (χ1) is 8.81. The molecular weight excluding hydrogens is 246 g/mol. The van der Waals surface area contributed by atoms with E-state index < -0.39 is 0 Å². The molecule has 0 spiro atoms. The maximum atomic E-state index is 6.01. The molecule has 0 fully saturated rings. The summed E-state index contributed by atoms with van der Waals surface area (Å²) >= 11 is 6.01. The van der Waals surface area contributed by atoms with Crippen molar-refractivity contribution in [2.75, 3.05) is 0 Å². The number of fused-ring (bicyclic) bond motifs is 1. The van der Waals surface area contributed by atoms with Gasteiger partial charge in [-0.15, -0.1) is 0 Å². The molecule has 18 heavy (non-hydrogen) atoms. The summed E-state index contributed by atoms with van der Waals surface area (Å²) in [6.45, 7) is 0.764. The third-order valence-corrected chi connectivity index (χ3v) is 3.54. The van der Waals surface area contributed by atoms with E-state index in [2.05, 4.69) is 27.6 Å². The van der Waals surface area contributed by atoms with Gasteiger partial charge in [0.05, 0.1) is 5.69 Å². The molecule has 3 rings (SSSR count). The first-order valence-electron chi connectivity index (χ1n) is 6.08. The molecule has 1 atom stereocenters. The van der Waals surface area contributed by atoms with Crippen LogP contribution in [0.15, 0.2) is 36.5 Å². The molecule has 1 heterocycles. The molecule has 92 valence electrons. The van der Waals surface area contributed by atoms with Crippen molar-refractivity contribution in [1.82, 2.24) is 15.5 Å². The van der Waals surface area contributed by atoms with Crippen molar-refractivity contribution in [2.45, 2.75) is 25.4 Å². The first-order valence-corrected chi connectivity index (χ1v) is 6.46. The van der Waals surface area contributed by atoms with Crippen molar-refractivity contribution in [2.24, 2.45) is 0 Å². The molecule has 0 bridgehead atoms. The summed E-state index contributed by atoms with van der Waals surface area (Å²) in [5, 5.41) is 12.3. The maximum absolute atomic E-state index is 6.01. The molecule has 1 aromatic carbocycles. The predicted octanol–water partition coefficient (Wildman–Crippen LogP) is 2.39. The van der Waals surface area contributed by atoms with Crippen LogP contribution in [0, 0.1) is 0 Å². The Labute approximate surface area is 111 Å². The molecule has 1 aromatic heterocycles. The molecular formula is C14H14ClN3.